The molecule has 4 heteroatoms. The molecule has 0 heterocycles. The SMILES string of the molecule is CCCCCCCC1CCC(CC(C)(C#N)C(=O)Oc2ccc(-c3ccc(OCCCCC)cc3)cc2)CC1. The van der Waals surface area contributed by atoms with Crippen LogP contribution in [0.5, 0.6) is 11.5 Å². The lowest BCUT2D eigenvalue weighted by atomic mass is 9.72. The summed E-state index contributed by atoms with van der Waals surface area (Å²) >= 11 is 0. The molecular weight excluding hydrogens is 482 g/mol. The number of nitrogens with zero attached hydrogens (tertiary/aromatic N) is 1. The van der Waals surface area contributed by atoms with Crippen LogP contribution in [0.15, 0.2) is 48.5 Å². The van der Waals surface area contributed by atoms with Gasteiger partial charge in [0.1, 0.15) is 11.5 Å². The number of benzene rings is 2. The minimum atomic E-state index is -1.12. The molecule has 2 aromatic rings. The molecule has 3 rings (SSSR count). The number of carbonyl (C=O) groups excluding carboxylic acids is 1. The first kappa shape index (κ1) is 30.7. The fourth-order valence-corrected chi connectivity index (χ4v) is 5.73. The van der Waals surface area contributed by atoms with Crippen molar-refractivity contribution in [2.75, 3.05) is 6.61 Å². The number of unbranched alkanes of at least 4 members (excludes halogenated alkanes) is 6. The van der Waals surface area contributed by atoms with Crippen LogP contribution in [0.25, 0.3) is 11.1 Å². The number of hydrogen-bond donors (Lipinski definition) is 0. The zero-order valence-corrected chi connectivity index (χ0v) is 24.6. The topological polar surface area (TPSA) is 59.3 Å². The first-order valence-corrected chi connectivity index (χ1v) is 15.4. The lowest BCUT2D eigenvalue weighted by Crippen LogP contribution is -2.33. The zero-order valence-electron chi connectivity index (χ0n) is 24.6. The van der Waals surface area contributed by atoms with Crippen LogP contribution in [-0.4, -0.2) is 12.6 Å². The molecule has 1 fully saturated rings. The van der Waals surface area contributed by atoms with Crippen LogP contribution in [0.3, 0.4) is 0 Å². The van der Waals surface area contributed by atoms with Crippen LogP contribution >= 0.6 is 0 Å². The molecule has 0 saturated heterocycles. The van der Waals surface area contributed by atoms with Crippen molar-refractivity contribution >= 4 is 5.97 Å². The summed E-state index contributed by atoms with van der Waals surface area (Å²) in [6, 6.07) is 17.9. The molecule has 0 aromatic heterocycles. The molecule has 4 nitrogen and oxygen atoms in total. The van der Waals surface area contributed by atoms with Gasteiger partial charge in [0.15, 0.2) is 5.41 Å². The van der Waals surface area contributed by atoms with Gasteiger partial charge in [-0.3, -0.25) is 0 Å². The zero-order chi connectivity index (χ0) is 27.9. The smallest absolute Gasteiger partial charge is 0.331 e. The van der Waals surface area contributed by atoms with Gasteiger partial charge in [-0.15, -0.1) is 0 Å². The highest BCUT2D eigenvalue weighted by Crippen LogP contribution is 2.39. The summed E-state index contributed by atoms with van der Waals surface area (Å²) in [6.07, 6.45) is 16.7. The van der Waals surface area contributed by atoms with Gasteiger partial charge in [0, 0.05) is 0 Å². The summed E-state index contributed by atoms with van der Waals surface area (Å²) in [5.74, 6) is 2.15. The summed E-state index contributed by atoms with van der Waals surface area (Å²) < 4.78 is 11.5. The maximum absolute atomic E-state index is 13.1. The van der Waals surface area contributed by atoms with Gasteiger partial charge >= 0.3 is 5.97 Å². The van der Waals surface area contributed by atoms with Crippen LogP contribution in [0.4, 0.5) is 0 Å². The first-order valence-electron chi connectivity index (χ1n) is 15.4. The molecule has 2 aromatic carbocycles. The van der Waals surface area contributed by atoms with E-state index in [-0.39, 0.29) is 0 Å². The number of carbonyl (C=O) groups is 1. The minimum absolute atomic E-state index is 0.416. The van der Waals surface area contributed by atoms with Gasteiger partial charge in [-0.1, -0.05) is 115 Å². The van der Waals surface area contributed by atoms with E-state index < -0.39 is 11.4 Å². The van der Waals surface area contributed by atoms with Gasteiger partial charge in [0.25, 0.3) is 0 Å². The second-order valence-electron chi connectivity index (χ2n) is 11.7. The summed E-state index contributed by atoms with van der Waals surface area (Å²) in [4.78, 5) is 13.1. The van der Waals surface area contributed by atoms with E-state index in [0.29, 0.717) is 18.1 Å². The third-order valence-electron chi connectivity index (χ3n) is 8.35. The molecular formula is C35H49NO3. The predicted octanol–water partition coefficient (Wildman–Crippen LogP) is 9.91. The van der Waals surface area contributed by atoms with Crippen molar-refractivity contribution in [1.29, 1.82) is 5.26 Å². The van der Waals surface area contributed by atoms with Crippen molar-refractivity contribution in [2.45, 2.75) is 111 Å². The van der Waals surface area contributed by atoms with E-state index in [1.807, 2.05) is 48.5 Å². The predicted molar refractivity (Wildman–Crippen MR) is 160 cm³/mol. The minimum Gasteiger partial charge on any atom is -0.494 e. The van der Waals surface area contributed by atoms with Gasteiger partial charge in [-0.25, -0.2) is 4.79 Å². The van der Waals surface area contributed by atoms with Gasteiger partial charge < -0.3 is 9.47 Å². The third-order valence-corrected chi connectivity index (χ3v) is 8.35. The highest BCUT2D eigenvalue weighted by atomic mass is 16.5. The molecule has 1 unspecified atom stereocenters. The molecule has 212 valence electrons. The molecule has 0 bridgehead atoms. The average Bonchev–Trinajstić information content (AvgIpc) is 2.97. The van der Waals surface area contributed by atoms with Crippen molar-refractivity contribution in [3.8, 4) is 28.7 Å². The largest absolute Gasteiger partial charge is 0.494 e. The number of rotatable bonds is 16. The molecule has 0 aliphatic heterocycles. The Morgan fingerprint density at radius 3 is 1.92 bits per heavy atom. The van der Waals surface area contributed by atoms with E-state index in [4.69, 9.17) is 9.47 Å². The van der Waals surface area contributed by atoms with Crippen LogP contribution < -0.4 is 9.47 Å². The van der Waals surface area contributed by atoms with E-state index in [1.165, 1.54) is 64.2 Å². The van der Waals surface area contributed by atoms with Gasteiger partial charge in [0.2, 0.25) is 0 Å². The molecule has 1 atom stereocenters. The summed E-state index contributed by atoms with van der Waals surface area (Å²) in [5.41, 5.74) is 0.994. The lowest BCUT2D eigenvalue weighted by molar-refractivity contribution is -0.142. The molecule has 1 saturated carbocycles. The molecule has 39 heavy (non-hydrogen) atoms. The quantitative estimate of drug-likeness (QED) is 0.123. The van der Waals surface area contributed by atoms with Crippen LogP contribution in [0, 0.1) is 28.6 Å². The van der Waals surface area contributed by atoms with Crippen molar-refractivity contribution in [3.05, 3.63) is 48.5 Å². The van der Waals surface area contributed by atoms with Crippen molar-refractivity contribution in [2.24, 2.45) is 17.3 Å². The van der Waals surface area contributed by atoms with Gasteiger partial charge in [-0.05, 0) is 67.0 Å². The Kier molecular flexibility index (Phi) is 12.9. The fourth-order valence-electron chi connectivity index (χ4n) is 5.73. The molecule has 1 aliphatic carbocycles. The summed E-state index contributed by atoms with van der Waals surface area (Å²) in [6.45, 7) is 6.94. The second kappa shape index (κ2) is 16.3. The molecule has 1 aliphatic rings. The Hall–Kier alpha value is -2.80. The number of hydrogen-bond acceptors (Lipinski definition) is 4. The highest BCUT2D eigenvalue weighted by molar-refractivity contribution is 5.82. The third kappa shape index (κ3) is 10.0. The number of ether oxygens (including phenoxy) is 2. The van der Waals surface area contributed by atoms with E-state index in [2.05, 4.69) is 19.9 Å². The van der Waals surface area contributed by atoms with Gasteiger partial charge in [-0.2, -0.15) is 5.26 Å². The Bertz CT molecular complexity index is 1020. The summed E-state index contributed by atoms with van der Waals surface area (Å²) in [5, 5.41) is 9.94. The molecule has 0 radical (unpaired) electrons. The maximum Gasteiger partial charge on any atom is 0.331 e. The Morgan fingerprint density at radius 1 is 0.795 bits per heavy atom. The number of esters is 1. The molecule has 0 N–H and O–H groups in total. The second-order valence-corrected chi connectivity index (χ2v) is 11.7. The van der Waals surface area contributed by atoms with Crippen LogP contribution in [0.1, 0.15) is 111 Å². The number of nitriles is 1. The lowest BCUT2D eigenvalue weighted by Gasteiger charge is -2.32. The Labute approximate surface area is 237 Å². The van der Waals surface area contributed by atoms with Crippen molar-refractivity contribution < 1.29 is 14.3 Å². The maximum atomic E-state index is 13.1. The molecule has 0 spiro atoms. The Balaban J connectivity index is 1.46. The monoisotopic (exact) mass is 531 g/mol. The van der Waals surface area contributed by atoms with E-state index in [1.54, 1.807) is 6.92 Å². The highest BCUT2D eigenvalue weighted by Gasteiger charge is 2.39. The standard InChI is InChI=1S/C35H49NO3/c1-4-6-8-9-10-12-28-13-15-29(16-14-28)26-35(3,27-36)34(37)39-33-23-19-31(20-24-33)30-17-21-32(22-18-30)38-25-11-7-5-2/h17-24,28-29H,4-16,25-26H2,1-3H3. The van der Waals surface area contributed by atoms with Crippen molar-refractivity contribution in [3.63, 3.8) is 0 Å². The van der Waals surface area contributed by atoms with E-state index >= 15 is 0 Å². The fraction of sp³-hybridized carbons (Fsp3) is 0.600. The van der Waals surface area contributed by atoms with Crippen molar-refractivity contribution in [1.82, 2.24) is 0 Å². The van der Waals surface area contributed by atoms with Crippen LogP contribution in [0.2, 0.25) is 0 Å². The van der Waals surface area contributed by atoms with E-state index in [9.17, 15) is 10.1 Å². The average molecular weight is 532 g/mol. The van der Waals surface area contributed by atoms with Gasteiger partial charge in [0.05, 0.1) is 12.7 Å². The normalized spacial score (nSPS) is 18.6. The Morgan fingerprint density at radius 2 is 1.33 bits per heavy atom. The van der Waals surface area contributed by atoms with E-state index in [0.717, 1.165) is 48.7 Å². The molecule has 0 amide bonds. The summed E-state index contributed by atoms with van der Waals surface area (Å²) in [7, 11) is 0. The first-order chi connectivity index (χ1) is 19.0. The van der Waals surface area contributed by atoms with Crippen LogP contribution in [-0.2, 0) is 4.79 Å².